The molecule has 0 aliphatic rings. The third kappa shape index (κ3) is 4.01. The lowest BCUT2D eigenvalue weighted by Gasteiger charge is -2.34. The van der Waals surface area contributed by atoms with Crippen LogP contribution >= 0.6 is 11.6 Å². The van der Waals surface area contributed by atoms with Crippen molar-refractivity contribution in [1.82, 2.24) is 14.6 Å². The maximum Gasteiger partial charge on any atom is 0.452 e. The lowest BCUT2D eigenvalue weighted by atomic mass is 9.70. The fourth-order valence-corrected chi connectivity index (χ4v) is 4.27. The first-order valence-electron chi connectivity index (χ1n) is 9.58. The molecular formula is C22H23ClF3N3O2. The van der Waals surface area contributed by atoms with Gasteiger partial charge in [-0.2, -0.15) is 13.2 Å². The molecule has 0 bridgehead atoms. The van der Waals surface area contributed by atoms with E-state index in [0.29, 0.717) is 17.0 Å². The van der Waals surface area contributed by atoms with Gasteiger partial charge in [-0.15, -0.1) is 21.8 Å². The summed E-state index contributed by atoms with van der Waals surface area (Å²) in [5.41, 5.74) is 2.94. The first-order valence-corrected chi connectivity index (χ1v) is 10.1. The van der Waals surface area contributed by atoms with Crippen LogP contribution in [0.5, 0.6) is 0 Å². The molecular weight excluding hydrogens is 431 g/mol. The number of benzene rings is 1. The zero-order valence-corrected chi connectivity index (χ0v) is 18.6. The van der Waals surface area contributed by atoms with Crippen molar-refractivity contribution < 1.29 is 22.7 Å². The van der Waals surface area contributed by atoms with Crippen molar-refractivity contribution in [2.24, 2.45) is 5.41 Å². The zero-order chi connectivity index (χ0) is 23.1. The number of methoxy groups -OCH3 is 1. The Kier molecular flexibility index (Phi) is 6.06. The van der Waals surface area contributed by atoms with Crippen LogP contribution in [0.2, 0.25) is 0 Å². The molecule has 9 heteroatoms. The molecule has 0 saturated carbocycles. The third-order valence-corrected chi connectivity index (χ3v) is 6.00. The fourth-order valence-electron chi connectivity index (χ4n) is 3.98. The monoisotopic (exact) mass is 453 g/mol. The first-order chi connectivity index (χ1) is 14.4. The molecule has 31 heavy (non-hydrogen) atoms. The number of ether oxygens (including phenoxy) is 1. The summed E-state index contributed by atoms with van der Waals surface area (Å²) < 4.78 is 45.8. The zero-order valence-electron chi connectivity index (χ0n) is 17.8. The number of hydrogen-bond donors (Lipinski definition) is 0. The summed E-state index contributed by atoms with van der Waals surface area (Å²) >= 11 is 6.09. The fraction of sp³-hybridized carbons (Fsp3) is 0.409. The van der Waals surface area contributed by atoms with Crippen LogP contribution in [0.1, 0.15) is 53.4 Å². The van der Waals surface area contributed by atoms with Crippen molar-refractivity contribution in [2.75, 3.05) is 7.11 Å². The van der Waals surface area contributed by atoms with E-state index in [1.807, 2.05) is 25.1 Å². The van der Waals surface area contributed by atoms with Crippen molar-refractivity contribution >= 4 is 23.2 Å². The normalized spacial score (nSPS) is 13.5. The Labute approximate surface area is 183 Å². The summed E-state index contributed by atoms with van der Waals surface area (Å²) in [7, 11) is 1.31. The molecule has 3 rings (SSSR count). The Balaban J connectivity index is 2.29. The van der Waals surface area contributed by atoms with E-state index in [1.165, 1.54) is 13.3 Å². The number of carbonyl (C=O) groups excluding carboxylic acids is 1. The Morgan fingerprint density at radius 1 is 1.19 bits per heavy atom. The van der Waals surface area contributed by atoms with Crippen molar-refractivity contribution in [3.63, 3.8) is 0 Å². The summed E-state index contributed by atoms with van der Waals surface area (Å²) in [5.74, 6) is -1.76. The molecule has 0 unspecified atom stereocenters. The Hall–Kier alpha value is -2.61. The molecule has 0 N–H and O–H groups in total. The third-order valence-electron chi connectivity index (χ3n) is 5.72. The predicted molar refractivity (Wildman–Crippen MR) is 111 cm³/mol. The molecule has 166 valence electrons. The summed E-state index contributed by atoms with van der Waals surface area (Å²) in [6.07, 6.45) is -3.35. The van der Waals surface area contributed by atoms with E-state index in [4.69, 9.17) is 16.3 Å². The van der Waals surface area contributed by atoms with Crippen molar-refractivity contribution in [1.29, 1.82) is 0 Å². The number of alkyl halides is 4. The summed E-state index contributed by atoms with van der Waals surface area (Å²) in [6, 6.07) is 7.32. The van der Waals surface area contributed by atoms with E-state index in [0.717, 1.165) is 21.1 Å². The van der Waals surface area contributed by atoms with Crippen molar-refractivity contribution in [2.45, 2.75) is 45.7 Å². The topological polar surface area (TPSA) is 56.5 Å². The molecule has 3 aromatic rings. The Morgan fingerprint density at radius 3 is 2.45 bits per heavy atom. The maximum atomic E-state index is 13.3. The van der Waals surface area contributed by atoms with E-state index >= 15 is 0 Å². The highest BCUT2D eigenvalue weighted by Gasteiger charge is 2.42. The predicted octanol–water partition coefficient (Wildman–Crippen LogP) is 5.43. The number of aromatic nitrogens is 3. The smallest absolute Gasteiger partial charge is 0.452 e. The van der Waals surface area contributed by atoms with Gasteiger partial charge in [0.2, 0.25) is 5.82 Å². The Bertz CT molecular complexity index is 1140. The number of esters is 1. The second-order valence-electron chi connectivity index (χ2n) is 8.08. The number of carbonyl (C=O) groups is 1. The van der Waals surface area contributed by atoms with Gasteiger partial charge in [-0.1, -0.05) is 18.2 Å². The molecule has 1 aromatic carbocycles. The number of hydrogen-bond acceptors (Lipinski definition) is 4. The van der Waals surface area contributed by atoms with E-state index in [2.05, 4.69) is 10.2 Å². The van der Waals surface area contributed by atoms with Crippen LogP contribution in [0, 0.1) is 19.3 Å². The number of aryl methyl sites for hydroxylation is 2. The number of fused-ring (bicyclic) bond motifs is 1. The molecule has 1 atom stereocenters. The second kappa shape index (κ2) is 8.15. The summed E-state index contributed by atoms with van der Waals surface area (Å²) in [5, 5.41) is 7.10. The van der Waals surface area contributed by atoms with Crippen molar-refractivity contribution in [3.05, 3.63) is 64.1 Å². The van der Waals surface area contributed by atoms with Crippen LogP contribution in [0.25, 0.3) is 5.65 Å². The van der Waals surface area contributed by atoms with E-state index < -0.39 is 29.3 Å². The minimum atomic E-state index is -4.63. The van der Waals surface area contributed by atoms with Gasteiger partial charge in [0.05, 0.1) is 12.5 Å². The standard InChI is InChI=1S/C22H23ClF3N3O2/c1-12-6-7-14(10-15(12)11-23)17(21(3,4)20(30)31-5)16-8-9-29-18(13(16)2)27-28-19(29)22(24,25)26/h6-10,17H,11H2,1-5H3/t17-/m1/s1. The van der Waals surface area contributed by atoms with Crippen LogP contribution in [0.4, 0.5) is 13.2 Å². The molecule has 2 aromatic heterocycles. The highest BCUT2D eigenvalue weighted by atomic mass is 35.5. The van der Waals surface area contributed by atoms with Gasteiger partial charge in [0, 0.05) is 18.0 Å². The summed E-state index contributed by atoms with van der Waals surface area (Å²) in [6.45, 7) is 7.11. The van der Waals surface area contributed by atoms with Gasteiger partial charge in [-0.25, -0.2) is 0 Å². The molecule has 0 fully saturated rings. The largest absolute Gasteiger partial charge is 0.469 e. The van der Waals surface area contributed by atoms with Gasteiger partial charge in [0.15, 0.2) is 5.65 Å². The lowest BCUT2D eigenvalue weighted by molar-refractivity contribution is -0.151. The number of rotatable bonds is 5. The number of halogens is 4. The molecule has 2 heterocycles. The van der Waals surface area contributed by atoms with Gasteiger partial charge >= 0.3 is 12.1 Å². The second-order valence-corrected chi connectivity index (χ2v) is 8.34. The van der Waals surface area contributed by atoms with Gasteiger partial charge < -0.3 is 4.74 Å². The lowest BCUT2D eigenvalue weighted by Crippen LogP contribution is -2.34. The molecule has 0 spiro atoms. The van der Waals surface area contributed by atoms with Gasteiger partial charge in [0.25, 0.3) is 0 Å². The van der Waals surface area contributed by atoms with E-state index in [1.54, 1.807) is 26.8 Å². The highest BCUT2D eigenvalue weighted by Crippen LogP contribution is 2.44. The first kappa shape index (κ1) is 23.1. The SMILES string of the molecule is COC(=O)C(C)(C)[C@H](c1ccc(C)c(CCl)c1)c1ccn2c(C(F)(F)F)nnc2c1C. The minimum Gasteiger partial charge on any atom is -0.469 e. The highest BCUT2D eigenvalue weighted by molar-refractivity contribution is 6.17. The molecule has 0 amide bonds. The average Bonchev–Trinajstić information content (AvgIpc) is 3.15. The Morgan fingerprint density at radius 2 is 1.87 bits per heavy atom. The minimum absolute atomic E-state index is 0.0835. The maximum absolute atomic E-state index is 13.3. The quantitative estimate of drug-likeness (QED) is 0.381. The molecule has 5 nitrogen and oxygen atoms in total. The van der Waals surface area contributed by atoms with Crippen LogP contribution in [-0.4, -0.2) is 27.7 Å². The van der Waals surface area contributed by atoms with Crippen LogP contribution in [0.15, 0.2) is 30.5 Å². The molecule has 0 aliphatic heterocycles. The van der Waals surface area contributed by atoms with Gasteiger partial charge in [-0.3, -0.25) is 9.20 Å². The molecule has 0 aliphatic carbocycles. The van der Waals surface area contributed by atoms with Crippen LogP contribution in [0.3, 0.4) is 0 Å². The van der Waals surface area contributed by atoms with Crippen LogP contribution in [-0.2, 0) is 21.6 Å². The average molecular weight is 454 g/mol. The molecule has 0 saturated heterocycles. The van der Waals surface area contributed by atoms with E-state index in [-0.39, 0.29) is 5.65 Å². The number of pyridine rings is 1. The summed E-state index contributed by atoms with van der Waals surface area (Å²) in [4.78, 5) is 12.7. The van der Waals surface area contributed by atoms with Crippen molar-refractivity contribution in [3.8, 4) is 0 Å². The van der Waals surface area contributed by atoms with E-state index in [9.17, 15) is 18.0 Å². The van der Waals surface area contributed by atoms with Crippen LogP contribution < -0.4 is 0 Å². The number of nitrogens with zero attached hydrogens (tertiary/aromatic N) is 3. The van der Waals surface area contributed by atoms with Gasteiger partial charge in [-0.05, 0) is 61.6 Å². The van der Waals surface area contributed by atoms with Gasteiger partial charge in [0.1, 0.15) is 0 Å². The molecule has 0 radical (unpaired) electrons.